The van der Waals surface area contributed by atoms with Crippen molar-refractivity contribution in [3.63, 3.8) is 0 Å². The Kier molecular flexibility index (Phi) is 3.38. The minimum atomic E-state index is -0.180. The van der Waals surface area contributed by atoms with E-state index in [4.69, 9.17) is 0 Å². The molecule has 0 radical (unpaired) electrons. The predicted octanol–water partition coefficient (Wildman–Crippen LogP) is 4.12. The van der Waals surface area contributed by atoms with Crippen molar-refractivity contribution in [1.82, 2.24) is 14.3 Å². The average Bonchev–Trinajstić information content (AvgIpc) is 2.96. The summed E-state index contributed by atoms with van der Waals surface area (Å²) in [6.07, 6.45) is 1.92. The zero-order chi connectivity index (χ0) is 14.3. The molecule has 0 unspecified atom stereocenters. The van der Waals surface area contributed by atoms with E-state index in [9.17, 15) is 4.39 Å². The van der Waals surface area contributed by atoms with E-state index in [-0.39, 0.29) is 5.82 Å². The van der Waals surface area contributed by atoms with Gasteiger partial charge in [0.1, 0.15) is 5.82 Å². The number of benzene rings is 1. The van der Waals surface area contributed by atoms with Crippen LogP contribution in [0.25, 0.3) is 10.9 Å². The second-order valence-electron chi connectivity index (χ2n) is 4.78. The maximum Gasteiger partial charge on any atom is 0.132 e. The van der Waals surface area contributed by atoms with Crippen molar-refractivity contribution in [3.05, 3.63) is 52.1 Å². The van der Waals surface area contributed by atoms with Crippen molar-refractivity contribution in [1.29, 1.82) is 0 Å². The Hall–Kier alpha value is -1.62. The van der Waals surface area contributed by atoms with E-state index in [2.05, 4.69) is 28.0 Å². The Morgan fingerprint density at radius 2 is 2.10 bits per heavy atom. The fourth-order valence-electron chi connectivity index (χ4n) is 2.51. The summed E-state index contributed by atoms with van der Waals surface area (Å²) >= 11 is 3.60. The van der Waals surface area contributed by atoms with Gasteiger partial charge < -0.3 is 4.57 Å². The van der Waals surface area contributed by atoms with Crippen LogP contribution in [0.5, 0.6) is 0 Å². The van der Waals surface area contributed by atoms with Crippen molar-refractivity contribution in [2.45, 2.75) is 26.9 Å². The molecule has 20 heavy (non-hydrogen) atoms. The maximum absolute atomic E-state index is 13.7. The molecule has 0 aliphatic heterocycles. The third kappa shape index (κ3) is 2.06. The molecule has 0 aliphatic carbocycles. The van der Waals surface area contributed by atoms with Crippen LogP contribution in [0.15, 0.2) is 34.9 Å². The van der Waals surface area contributed by atoms with Crippen molar-refractivity contribution in [2.75, 3.05) is 0 Å². The van der Waals surface area contributed by atoms with E-state index < -0.39 is 0 Å². The highest BCUT2D eigenvalue weighted by molar-refractivity contribution is 9.10. The van der Waals surface area contributed by atoms with Gasteiger partial charge in [-0.1, -0.05) is 6.07 Å². The van der Waals surface area contributed by atoms with Gasteiger partial charge in [0, 0.05) is 18.1 Å². The topological polar surface area (TPSA) is 22.8 Å². The van der Waals surface area contributed by atoms with Crippen LogP contribution in [0, 0.1) is 12.7 Å². The zero-order valence-electron chi connectivity index (χ0n) is 11.4. The van der Waals surface area contributed by atoms with E-state index in [1.54, 1.807) is 6.07 Å². The van der Waals surface area contributed by atoms with Crippen LogP contribution in [0.4, 0.5) is 4.39 Å². The Morgan fingerprint density at radius 3 is 2.85 bits per heavy atom. The smallest absolute Gasteiger partial charge is 0.132 e. The van der Waals surface area contributed by atoms with Crippen LogP contribution >= 0.6 is 15.9 Å². The molecule has 5 heteroatoms. The van der Waals surface area contributed by atoms with Crippen LogP contribution in [0.2, 0.25) is 0 Å². The van der Waals surface area contributed by atoms with Gasteiger partial charge in [0.2, 0.25) is 0 Å². The summed E-state index contributed by atoms with van der Waals surface area (Å²) in [6, 6.07) is 6.98. The van der Waals surface area contributed by atoms with Gasteiger partial charge in [0.05, 0.1) is 27.9 Å². The fourth-order valence-corrected chi connectivity index (χ4v) is 2.91. The Morgan fingerprint density at radius 1 is 1.30 bits per heavy atom. The first-order valence-corrected chi connectivity index (χ1v) is 7.36. The number of aryl methyl sites for hydroxylation is 2. The first-order chi connectivity index (χ1) is 9.61. The summed E-state index contributed by atoms with van der Waals surface area (Å²) in [5.41, 5.74) is 2.98. The molecule has 0 N–H and O–H groups in total. The van der Waals surface area contributed by atoms with Crippen molar-refractivity contribution in [2.24, 2.45) is 0 Å². The molecule has 0 spiro atoms. The summed E-state index contributed by atoms with van der Waals surface area (Å²) in [5.74, 6) is -0.180. The molecule has 0 bridgehead atoms. The molecule has 0 aliphatic rings. The lowest BCUT2D eigenvalue weighted by atomic mass is 10.2. The second kappa shape index (κ2) is 5.05. The summed E-state index contributed by atoms with van der Waals surface area (Å²) in [7, 11) is 0. The number of nitrogens with zero attached hydrogens (tertiary/aromatic N) is 3. The highest BCUT2D eigenvalue weighted by Crippen LogP contribution is 2.25. The first-order valence-electron chi connectivity index (χ1n) is 6.57. The number of aromatic nitrogens is 3. The highest BCUT2D eigenvalue weighted by atomic mass is 79.9. The molecule has 0 saturated heterocycles. The Labute approximate surface area is 125 Å². The lowest BCUT2D eigenvalue weighted by Crippen LogP contribution is -2.07. The number of fused-ring (bicyclic) bond motifs is 1. The molecular weight excluding hydrogens is 321 g/mol. The third-order valence-electron chi connectivity index (χ3n) is 3.53. The summed E-state index contributed by atoms with van der Waals surface area (Å²) in [4.78, 5) is 0. The molecule has 104 valence electrons. The molecule has 0 fully saturated rings. The maximum atomic E-state index is 13.7. The Bertz CT molecular complexity index is 773. The summed E-state index contributed by atoms with van der Waals surface area (Å²) in [5, 5.41) is 5.14. The standard InChI is InChI=1S/C15H15BrFN3/c1-3-20-14(15(16)10(2)18-20)9-19-8-7-11-12(17)5-4-6-13(11)19/h4-8H,3,9H2,1-2H3. The van der Waals surface area contributed by atoms with Crippen LogP contribution in [0.3, 0.4) is 0 Å². The molecule has 0 atom stereocenters. The molecule has 0 saturated carbocycles. The molecule has 0 amide bonds. The fraction of sp³-hybridized carbons (Fsp3) is 0.267. The summed E-state index contributed by atoms with van der Waals surface area (Å²) in [6.45, 7) is 5.53. The van der Waals surface area contributed by atoms with Gasteiger partial charge in [0.25, 0.3) is 0 Å². The minimum absolute atomic E-state index is 0.180. The van der Waals surface area contributed by atoms with E-state index in [0.717, 1.165) is 27.9 Å². The zero-order valence-corrected chi connectivity index (χ0v) is 13.0. The van der Waals surface area contributed by atoms with Crippen molar-refractivity contribution in [3.8, 4) is 0 Å². The Balaban J connectivity index is 2.08. The quantitative estimate of drug-likeness (QED) is 0.706. The van der Waals surface area contributed by atoms with E-state index in [1.165, 1.54) is 6.07 Å². The molecular formula is C15H15BrFN3. The van der Waals surface area contributed by atoms with Gasteiger partial charge in [0.15, 0.2) is 0 Å². The normalized spacial score (nSPS) is 11.4. The van der Waals surface area contributed by atoms with Crippen molar-refractivity contribution < 1.29 is 4.39 Å². The third-order valence-corrected chi connectivity index (χ3v) is 4.56. The minimum Gasteiger partial charge on any atom is -0.341 e. The highest BCUT2D eigenvalue weighted by Gasteiger charge is 2.14. The molecule has 2 aromatic heterocycles. The SMILES string of the molecule is CCn1nc(C)c(Br)c1Cn1ccc2c(F)cccc21. The van der Waals surface area contributed by atoms with E-state index in [0.29, 0.717) is 11.9 Å². The molecule has 3 aromatic rings. The predicted molar refractivity (Wildman–Crippen MR) is 81.3 cm³/mol. The lowest BCUT2D eigenvalue weighted by Gasteiger charge is -2.08. The van der Waals surface area contributed by atoms with Crippen LogP contribution < -0.4 is 0 Å². The molecule has 2 heterocycles. The van der Waals surface area contributed by atoms with Gasteiger partial charge in [-0.05, 0) is 48.0 Å². The van der Waals surface area contributed by atoms with Crippen molar-refractivity contribution >= 4 is 26.8 Å². The van der Waals surface area contributed by atoms with Crippen LogP contribution in [-0.2, 0) is 13.1 Å². The van der Waals surface area contributed by atoms with E-state index >= 15 is 0 Å². The van der Waals surface area contributed by atoms with Crippen LogP contribution in [0.1, 0.15) is 18.3 Å². The molecule has 3 nitrogen and oxygen atoms in total. The first kappa shape index (κ1) is 13.4. The number of hydrogen-bond acceptors (Lipinski definition) is 1. The van der Waals surface area contributed by atoms with E-state index in [1.807, 2.05) is 34.5 Å². The lowest BCUT2D eigenvalue weighted by molar-refractivity contribution is 0.600. The molecule has 1 aromatic carbocycles. The largest absolute Gasteiger partial charge is 0.341 e. The second-order valence-corrected chi connectivity index (χ2v) is 5.57. The van der Waals surface area contributed by atoms with Gasteiger partial charge in [-0.2, -0.15) is 5.10 Å². The van der Waals surface area contributed by atoms with Gasteiger partial charge in [-0.25, -0.2) is 4.39 Å². The molecule has 3 rings (SSSR count). The number of rotatable bonds is 3. The van der Waals surface area contributed by atoms with Gasteiger partial charge >= 0.3 is 0 Å². The summed E-state index contributed by atoms with van der Waals surface area (Å²) < 4.78 is 18.8. The van der Waals surface area contributed by atoms with Gasteiger partial charge in [-0.15, -0.1) is 0 Å². The average molecular weight is 336 g/mol. The monoisotopic (exact) mass is 335 g/mol. The van der Waals surface area contributed by atoms with Crippen LogP contribution in [-0.4, -0.2) is 14.3 Å². The van der Waals surface area contributed by atoms with Gasteiger partial charge in [-0.3, -0.25) is 4.68 Å². The number of hydrogen-bond donors (Lipinski definition) is 0. The number of halogens is 2.